The van der Waals surface area contributed by atoms with Crippen LogP contribution in [0.25, 0.3) is 11.3 Å². The number of hydrogen-bond donors (Lipinski definition) is 1. The summed E-state index contributed by atoms with van der Waals surface area (Å²) < 4.78 is 0. The second-order valence-electron chi connectivity index (χ2n) is 5.82. The predicted molar refractivity (Wildman–Crippen MR) is 87.7 cm³/mol. The summed E-state index contributed by atoms with van der Waals surface area (Å²) in [7, 11) is 1.91. The molecule has 1 N–H and O–H groups in total. The standard InChI is InChI=1S/C18H23N3/c1-4-16-20-17(12(2)18(19-3)21-16)15-10-8-14(9-11-15)13-6-5-7-13/h8-11,13H,4-7H2,1-3H3,(H,19,20,21). The summed E-state index contributed by atoms with van der Waals surface area (Å²) in [5.74, 6) is 2.60. The number of benzene rings is 1. The minimum Gasteiger partial charge on any atom is -0.373 e. The van der Waals surface area contributed by atoms with Crippen molar-refractivity contribution in [3.63, 3.8) is 0 Å². The van der Waals surface area contributed by atoms with Gasteiger partial charge in [-0.1, -0.05) is 37.6 Å². The zero-order valence-corrected chi connectivity index (χ0v) is 13.1. The second-order valence-corrected chi connectivity index (χ2v) is 5.82. The molecule has 1 aliphatic rings. The van der Waals surface area contributed by atoms with Crippen LogP contribution < -0.4 is 5.32 Å². The fourth-order valence-electron chi connectivity index (χ4n) is 2.90. The third-order valence-corrected chi connectivity index (χ3v) is 4.51. The Hall–Kier alpha value is -1.90. The Kier molecular flexibility index (Phi) is 3.91. The van der Waals surface area contributed by atoms with E-state index in [0.717, 1.165) is 35.2 Å². The van der Waals surface area contributed by atoms with E-state index in [1.165, 1.54) is 30.4 Å². The van der Waals surface area contributed by atoms with Gasteiger partial charge in [-0.05, 0) is 31.2 Å². The van der Waals surface area contributed by atoms with Crippen molar-refractivity contribution in [2.75, 3.05) is 12.4 Å². The van der Waals surface area contributed by atoms with E-state index in [2.05, 4.69) is 48.4 Å². The van der Waals surface area contributed by atoms with Gasteiger partial charge >= 0.3 is 0 Å². The molecule has 0 radical (unpaired) electrons. The Bertz CT molecular complexity index is 628. The highest BCUT2D eigenvalue weighted by Gasteiger charge is 2.19. The van der Waals surface area contributed by atoms with E-state index in [1.54, 1.807) is 0 Å². The van der Waals surface area contributed by atoms with E-state index in [0.29, 0.717) is 0 Å². The van der Waals surface area contributed by atoms with Crippen molar-refractivity contribution in [3.8, 4) is 11.3 Å². The third kappa shape index (κ3) is 2.65. The Balaban J connectivity index is 1.98. The maximum absolute atomic E-state index is 4.73. The van der Waals surface area contributed by atoms with Gasteiger partial charge in [-0.15, -0.1) is 0 Å². The van der Waals surface area contributed by atoms with Gasteiger partial charge in [0.2, 0.25) is 0 Å². The van der Waals surface area contributed by atoms with E-state index < -0.39 is 0 Å². The lowest BCUT2D eigenvalue weighted by molar-refractivity contribution is 0.420. The number of hydrogen-bond acceptors (Lipinski definition) is 3. The summed E-state index contributed by atoms with van der Waals surface area (Å²) in [5.41, 5.74) is 4.82. The van der Waals surface area contributed by atoms with Crippen molar-refractivity contribution in [2.24, 2.45) is 0 Å². The highest BCUT2D eigenvalue weighted by atomic mass is 15.0. The van der Waals surface area contributed by atoms with Crippen LogP contribution in [0.4, 0.5) is 5.82 Å². The molecule has 3 rings (SSSR count). The predicted octanol–water partition coefficient (Wildman–Crippen LogP) is 4.32. The molecule has 1 aromatic heterocycles. The zero-order chi connectivity index (χ0) is 14.8. The molecule has 0 aliphatic heterocycles. The van der Waals surface area contributed by atoms with Gasteiger partial charge in [0.1, 0.15) is 11.6 Å². The van der Waals surface area contributed by atoms with E-state index in [-0.39, 0.29) is 0 Å². The molecule has 0 atom stereocenters. The molecular formula is C18H23N3. The van der Waals surface area contributed by atoms with Crippen LogP contribution in [0.3, 0.4) is 0 Å². The molecule has 1 saturated carbocycles. The van der Waals surface area contributed by atoms with Crippen molar-refractivity contribution in [1.29, 1.82) is 0 Å². The third-order valence-electron chi connectivity index (χ3n) is 4.51. The molecule has 0 spiro atoms. The molecule has 0 saturated heterocycles. The van der Waals surface area contributed by atoms with Crippen LogP contribution in [0.2, 0.25) is 0 Å². The summed E-state index contributed by atoms with van der Waals surface area (Å²) >= 11 is 0. The second kappa shape index (κ2) is 5.84. The normalized spacial score (nSPS) is 14.8. The molecule has 0 unspecified atom stereocenters. The van der Waals surface area contributed by atoms with Gasteiger partial charge in [0.15, 0.2) is 0 Å². The van der Waals surface area contributed by atoms with E-state index in [9.17, 15) is 0 Å². The lowest BCUT2D eigenvalue weighted by atomic mass is 9.80. The van der Waals surface area contributed by atoms with E-state index >= 15 is 0 Å². The molecule has 0 amide bonds. The first-order chi connectivity index (χ1) is 10.2. The topological polar surface area (TPSA) is 37.8 Å². The maximum Gasteiger partial charge on any atom is 0.132 e. The fraction of sp³-hybridized carbons (Fsp3) is 0.444. The van der Waals surface area contributed by atoms with Crippen molar-refractivity contribution in [2.45, 2.75) is 45.4 Å². The minimum atomic E-state index is 0.782. The van der Waals surface area contributed by atoms with Gasteiger partial charge in [-0.3, -0.25) is 0 Å². The van der Waals surface area contributed by atoms with Crippen molar-refractivity contribution in [1.82, 2.24) is 9.97 Å². The number of aromatic nitrogens is 2. The van der Waals surface area contributed by atoms with Crippen molar-refractivity contribution < 1.29 is 0 Å². The molecule has 3 nitrogen and oxygen atoms in total. The van der Waals surface area contributed by atoms with Gasteiger partial charge in [0.25, 0.3) is 0 Å². The van der Waals surface area contributed by atoms with Crippen molar-refractivity contribution >= 4 is 5.82 Å². The quantitative estimate of drug-likeness (QED) is 0.906. The first kappa shape index (κ1) is 14.1. The van der Waals surface area contributed by atoms with Crippen LogP contribution in [0.15, 0.2) is 24.3 Å². The maximum atomic E-state index is 4.73. The highest BCUT2D eigenvalue weighted by molar-refractivity contribution is 5.68. The van der Waals surface area contributed by atoms with Gasteiger partial charge < -0.3 is 5.32 Å². The van der Waals surface area contributed by atoms with E-state index in [4.69, 9.17) is 4.98 Å². The lowest BCUT2D eigenvalue weighted by Gasteiger charge is -2.25. The molecule has 1 fully saturated rings. The number of nitrogens with one attached hydrogen (secondary N) is 1. The molecule has 0 bridgehead atoms. The first-order valence-corrected chi connectivity index (χ1v) is 7.88. The number of nitrogens with zero attached hydrogens (tertiary/aromatic N) is 2. The summed E-state index contributed by atoms with van der Waals surface area (Å²) in [6.45, 7) is 4.17. The van der Waals surface area contributed by atoms with Crippen LogP contribution in [0.1, 0.15) is 49.1 Å². The minimum absolute atomic E-state index is 0.782. The van der Waals surface area contributed by atoms with Gasteiger partial charge in [0, 0.05) is 24.6 Å². The Morgan fingerprint density at radius 2 is 1.86 bits per heavy atom. The number of rotatable bonds is 4. The smallest absolute Gasteiger partial charge is 0.132 e. The molecule has 21 heavy (non-hydrogen) atoms. The number of anilines is 1. The lowest BCUT2D eigenvalue weighted by Crippen LogP contribution is -2.08. The highest BCUT2D eigenvalue weighted by Crippen LogP contribution is 2.37. The first-order valence-electron chi connectivity index (χ1n) is 7.88. The average Bonchev–Trinajstić information content (AvgIpc) is 2.47. The van der Waals surface area contributed by atoms with Crippen LogP contribution in [-0.2, 0) is 6.42 Å². The largest absolute Gasteiger partial charge is 0.373 e. The average molecular weight is 281 g/mol. The summed E-state index contributed by atoms with van der Waals surface area (Å²) in [6.07, 6.45) is 4.91. The summed E-state index contributed by atoms with van der Waals surface area (Å²) in [6, 6.07) is 8.96. The van der Waals surface area contributed by atoms with Crippen LogP contribution in [0, 0.1) is 6.92 Å². The zero-order valence-electron chi connectivity index (χ0n) is 13.1. The van der Waals surface area contributed by atoms with Gasteiger partial charge in [-0.25, -0.2) is 9.97 Å². The Labute approximate surface area is 126 Å². The molecule has 2 aromatic rings. The Morgan fingerprint density at radius 3 is 2.38 bits per heavy atom. The Morgan fingerprint density at radius 1 is 1.14 bits per heavy atom. The molecular weight excluding hydrogens is 258 g/mol. The SMILES string of the molecule is CCc1nc(NC)c(C)c(-c2ccc(C3CCC3)cc2)n1. The molecule has 1 aliphatic carbocycles. The van der Waals surface area contributed by atoms with Gasteiger partial charge in [-0.2, -0.15) is 0 Å². The summed E-state index contributed by atoms with van der Waals surface area (Å²) in [4.78, 5) is 9.27. The van der Waals surface area contributed by atoms with Gasteiger partial charge in [0.05, 0.1) is 5.69 Å². The molecule has 1 aromatic carbocycles. The molecule has 3 heteroatoms. The van der Waals surface area contributed by atoms with Crippen molar-refractivity contribution in [3.05, 3.63) is 41.2 Å². The molecule has 1 heterocycles. The monoisotopic (exact) mass is 281 g/mol. The fourth-order valence-corrected chi connectivity index (χ4v) is 2.90. The van der Waals surface area contributed by atoms with Crippen LogP contribution in [-0.4, -0.2) is 17.0 Å². The number of aryl methyl sites for hydroxylation is 1. The summed E-state index contributed by atoms with van der Waals surface area (Å²) in [5, 5.41) is 3.18. The van der Waals surface area contributed by atoms with Crippen LogP contribution in [0.5, 0.6) is 0 Å². The van der Waals surface area contributed by atoms with Crippen LogP contribution >= 0.6 is 0 Å². The molecule has 110 valence electrons. The van der Waals surface area contributed by atoms with E-state index in [1.807, 2.05) is 7.05 Å².